The number of nitrogens with zero attached hydrogens (tertiary/aromatic N) is 2. The third-order valence-corrected chi connectivity index (χ3v) is 3.62. The first-order chi connectivity index (χ1) is 11.6. The molecule has 0 saturated heterocycles. The largest absolute Gasteiger partial charge is 0.466 e. The van der Waals surface area contributed by atoms with Crippen molar-refractivity contribution in [3.63, 3.8) is 0 Å². The van der Waals surface area contributed by atoms with Gasteiger partial charge in [0.15, 0.2) is 12.5 Å². The van der Waals surface area contributed by atoms with Crippen LogP contribution in [0.1, 0.15) is 5.69 Å². The van der Waals surface area contributed by atoms with E-state index in [0.717, 1.165) is 12.1 Å². The van der Waals surface area contributed by atoms with Crippen LogP contribution in [0.25, 0.3) is 5.69 Å². The van der Waals surface area contributed by atoms with Gasteiger partial charge in [-0.2, -0.15) is 13.2 Å². The Kier molecular flexibility index (Phi) is 5.23. The summed E-state index contributed by atoms with van der Waals surface area (Å²) in [6, 6.07) is 1.93. The minimum atomic E-state index is -5.03. The molecule has 0 aliphatic heterocycles. The summed E-state index contributed by atoms with van der Waals surface area (Å²) in [6.45, 7) is -0.229. The third-order valence-electron chi connectivity index (χ3n) is 3.00. The Balaban J connectivity index is 2.73. The van der Waals surface area contributed by atoms with Crippen molar-refractivity contribution in [2.45, 2.75) is 6.18 Å². The first kappa shape index (κ1) is 19.0. The van der Waals surface area contributed by atoms with E-state index in [1.165, 1.54) is 7.11 Å². The summed E-state index contributed by atoms with van der Waals surface area (Å²) in [6.07, 6.45) is -5.03. The second-order valence-electron chi connectivity index (χ2n) is 4.64. The maximum Gasteiger partial charge on any atom is 0.433 e. The Morgan fingerprint density at radius 1 is 1.24 bits per heavy atom. The highest BCUT2D eigenvalue weighted by molar-refractivity contribution is 9.10. The lowest BCUT2D eigenvalue weighted by atomic mass is 10.2. The number of hydrogen-bond acceptors (Lipinski definition) is 5. The number of nitrogen functional groups attached to an aromatic ring is 1. The lowest BCUT2D eigenvalue weighted by Gasteiger charge is -2.15. The van der Waals surface area contributed by atoms with E-state index in [0.29, 0.717) is 0 Å². The molecule has 0 bridgehead atoms. The van der Waals surface area contributed by atoms with Crippen LogP contribution in [0.3, 0.4) is 0 Å². The second-order valence-corrected chi connectivity index (χ2v) is 5.49. The monoisotopic (exact) mass is 427 g/mol. The molecule has 2 aromatic rings. The lowest BCUT2D eigenvalue weighted by Crippen LogP contribution is -2.45. The molecule has 0 saturated carbocycles. The van der Waals surface area contributed by atoms with Gasteiger partial charge in [0.1, 0.15) is 11.6 Å². The van der Waals surface area contributed by atoms with Crippen molar-refractivity contribution < 1.29 is 27.0 Å². The minimum absolute atomic E-state index is 0.00646. The molecule has 7 nitrogen and oxygen atoms in total. The number of halogens is 5. The summed E-state index contributed by atoms with van der Waals surface area (Å²) in [7, 11) is 1.33. The molecule has 0 aliphatic carbocycles. The fourth-order valence-corrected chi connectivity index (χ4v) is 2.35. The maximum absolute atomic E-state index is 14.2. The van der Waals surface area contributed by atoms with E-state index < -0.39 is 34.6 Å². The van der Waals surface area contributed by atoms with Crippen molar-refractivity contribution in [2.24, 2.45) is 0 Å². The Morgan fingerprint density at radius 2 is 1.88 bits per heavy atom. The van der Waals surface area contributed by atoms with E-state index in [-0.39, 0.29) is 32.3 Å². The Bertz CT molecular complexity index is 923. The molecular formula is C13H10BrF4N3O4. The summed E-state index contributed by atoms with van der Waals surface area (Å²) in [5.41, 5.74) is -5.26. The Hall–Kier alpha value is -2.34. The zero-order chi connectivity index (χ0) is 18.9. The van der Waals surface area contributed by atoms with Gasteiger partial charge in [0.2, 0.25) is 0 Å². The smallest absolute Gasteiger partial charge is 0.433 e. The lowest BCUT2D eigenvalue weighted by molar-refractivity contribution is -0.143. The molecule has 0 unspecified atom stereocenters. The molecule has 1 aromatic heterocycles. The van der Waals surface area contributed by atoms with Crippen molar-refractivity contribution >= 4 is 15.9 Å². The second kappa shape index (κ2) is 6.88. The highest BCUT2D eigenvalue weighted by atomic mass is 79.9. The molecule has 2 rings (SSSR count). The van der Waals surface area contributed by atoms with Crippen LogP contribution in [0.5, 0.6) is 5.75 Å². The van der Waals surface area contributed by atoms with Crippen LogP contribution >= 0.6 is 15.9 Å². The number of hydrogen-bond donors (Lipinski definition) is 1. The predicted octanol–water partition coefficient (Wildman–Crippen LogP) is 1.62. The van der Waals surface area contributed by atoms with E-state index in [9.17, 15) is 27.2 Å². The molecule has 0 amide bonds. The SMILES string of the molecule is COCOc1cc(-n2c(=O)cc(C(F)(F)F)n(N)c2=O)c(F)cc1Br. The van der Waals surface area contributed by atoms with Crippen LogP contribution in [-0.2, 0) is 10.9 Å². The van der Waals surface area contributed by atoms with Crippen LogP contribution < -0.4 is 21.8 Å². The molecule has 0 aliphatic rings. The van der Waals surface area contributed by atoms with Crippen LogP contribution in [-0.4, -0.2) is 23.1 Å². The third kappa shape index (κ3) is 3.69. The van der Waals surface area contributed by atoms with Crippen molar-refractivity contribution in [1.29, 1.82) is 0 Å². The van der Waals surface area contributed by atoms with Gasteiger partial charge in [-0.1, -0.05) is 0 Å². The molecule has 2 N–H and O–H groups in total. The molecule has 0 spiro atoms. The number of benzene rings is 1. The quantitative estimate of drug-likeness (QED) is 0.455. The van der Waals surface area contributed by atoms with Gasteiger partial charge in [0.25, 0.3) is 5.56 Å². The van der Waals surface area contributed by atoms with Gasteiger partial charge in [-0.05, 0) is 22.0 Å². The first-order valence-electron chi connectivity index (χ1n) is 6.40. The van der Waals surface area contributed by atoms with Crippen LogP contribution in [0.4, 0.5) is 17.6 Å². The number of alkyl halides is 3. The van der Waals surface area contributed by atoms with E-state index in [1.807, 2.05) is 0 Å². The molecule has 12 heteroatoms. The van der Waals surface area contributed by atoms with Gasteiger partial charge in [-0.15, -0.1) is 0 Å². The summed E-state index contributed by atoms with van der Waals surface area (Å²) < 4.78 is 62.3. The van der Waals surface area contributed by atoms with Crippen LogP contribution in [0.15, 0.2) is 32.3 Å². The number of nitrogens with two attached hydrogens (primary N) is 1. The summed E-state index contributed by atoms with van der Waals surface area (Å²) in [5.74, 6) is 4.05. The molecule has 1 aromatic carbocycles. The van der Waals surface area contributed by atoms with Gasteiger partial charge in [-0.3, -0.25) is 4.79 Å². The fourth-order valence-electron chi connectivity index (χ4n) is 1.92. The van der Waals surface area contributed by atoms with Gasteiger partial charge in [-0.25, -0.2) is 18.4 Å². The van der Waals surface area contributed by atoms with Crippen molar-refractivity contribution in [1.82, 2.24) is 9.24 Å². The summed E-state index contributed by atoms with van der Waals surface area (Å²) in [4.78, 5) is 24.0. The highest BCUT2D eigenvalue weighted by Gasteiger charge is 2.36. The van der Waals surface area contributed by atoms with Gasteiger partial charge >= 0.3 is 11.9 Å². The van der Waals surface area contributed by atoms with Crippen molar-refractivity contribution in [2.75, 3.05) is 19.7 Å². The molecule has 1 heterocycles. The average Bonchev–Trinajstić information content (AvgIpc) is 2.50. The molecule has 0 atom stereocenters. The zero-order valence-electron chi connectivity index (χ0n) is 12.4. The minimum Gasteiger partial charge on any atom is -0.466 e. The number of ether oxygens (including phenoxy) is 2. The zero-order valence-corrected chi connectivity index (χ0v) is 14.0. The highest BCUT2D eigenvalue weighted by Crippen LogP contribution is 2.30. The van der Waals surface area contributed by atoms with E-state index in [2.05, 4.69) is 20.7 Å². The van der Waals surface area contributed by atoms with E-state index >= 15 is 0 Å². The Labute approximate surface area is 145 Å². The summed E-state index contributed by atoms with van der Waals surface area (Å²) >= 11 is 3.01. The first-order valence-corrected chi connectivity index (χ1v) is 7.19. The van der Waals surface area contributed by atoms with Crippen molar-refractivity contribution in [3.8, 4) is 11.4 Å². The standard InChI is InChI=1S/C13H10BrF4N3O4/c1-24-5-25-9-3-8(7(15)2-6(9)14)20-11(22)4-10(13(16,17)18)21(19)12(20)23/h2-4H,5,19H2,1H3. The van der Waals surface area contributed by atoms with Gasteiger partial charge in [0, 0.05) is 19.2 Å². The average molecular weight is 428 g/mol. The molecule has 0 radical (unpaired) electrons. The molecular weight excluding hydrogens is 418 g/mol. The fraction of sp³-hybridized carbons (Fsp3) is 0.231. The number of methoxy groups -OCH3 is 1. The van der Waals surface area contributed by atoms with Gasteiger partial charge in [0.05, 0.1) is 10.2 Å². The topological polar surface area (TPSA) is 88.5 Å². The molecule has 0 fully saturated rings. The molecule has 25 heavy (non-hydrogen) atoms. The number of aromatic nitrogens is 2. The molecule has 136 valence electrons. The maximum atomic E-state index is 14.2. The summed E-state index contributed by atoms with van der Waals surface area (Å²) in [5, 5.41) is 0. The van der Waals surface area contributed by atoms with Crippen LogP contribution in [0, 0.1) is 5.82 Å². The van der Waals surface area contributed by atoms with Crippen molar-refractivity contribution in [3.05, 3.63) is 55.0 Å². The Morgan fingerprint density at radius 3 is 2.44 bits per heavy atom. The van der Waals surface area contributed by atoms with E-state index in [1.54, 1.807) is 0 Å². The number of rotatable bonds is 4. The predicted molar refractivity (Wildman–Crippen MR) is 81.6 cm³/mol. The van der Waals surface area contributed by atoms with E-state index in [4.69, 9.17) is 10.6 Å². The normalized spacial score (nSPS) is 11.6. The van der Waals surface area contributed by atoms with Gasteiger partial charge < -0.3 is 15.3 Å². The van der Waals surface area contributed by atoms with Crippen LogP contribution in [0.2, 0.25) is 0 Å².